The van der Waals surface area contributed by atoms with Crippen molar-refractivity contribution in [2.24, 2.45) is 5.92 Å². The largest absolute Gasteiger partial charge is 0.481 e. The number of hydrogen-bond donors (Lipinski definition) is 2. The van der Waals surface area contributed by atoms with Crippen LogP contribution in [0.3, 0.4) is 0 Å². The summed E-state index contributed by atoms with van der Waals surface area (Å²) in [6.45, 7) is 1.61. The van der Waals surface area contributed by atoms with Crippen LogP contribution in [0.15, 0.2) is 59.1 Å². The molecule has 1 saturated carbocycles. The van der Waals surface area contributed by atoms with E-state index in [0.29, 0.717) is 24.0 Å². The number of hydrogen-bond acceptors (Lipinski definition) is 5. The molecule has 1 unspecified atom stereocenters. The van der Waals surface area contributed by atoms with E-state index in [0.717, 1.165) is 36.1 Å². The van der Waals surface area contributed by atoms with Crippen molar-refractivity contribution in [3.05, 3.63) is 82.7 Å². The highest BCUT2D eigenvalue weighted by atomic mass is 35.5. The number of nitrogens with zero attached hydrogens (tertiary/aromatic N) is 2. The fourth-order valence-electron chi connectivity index (χ4n) is 5.72. The van der Waals surface area contributed by atoms with Gasteiger partial charge in [-0.2, -0.15) is 18.2 Å². The molecule has 1 aromatic heterocycles. The predicted molar refractivity (Wildman–Crippen MR) is 146 cm³/mol. The number of carboxylic acids is 1. The van der Waals surface area contributed by atoms with Gasteiger partial charge in [0.05, 0.1) is 17.0 Å². The second-order valence-electron chi connectivity index (χ2n) is 10.5. The lowest BCUT2D eigenvalue weighted by Gasteiger charge is -2.35. The number of carboxylic acid groups (broad SMARTS) is 1. The number of benzene rings is 3. The van der Waals surface area contributed by atoms with E-state index in [1.54, 1.807) is 6.92 Å². The van der Waals surface area contributed by atoms with Gasteiger partial charge < -0.3 is 14.9 Å². The fourth-order valence-corrected chi connectivity index (χ4v) is 5.72. The van der Waals surface area contributed by atoms with Gasteiger partial charge in [-0.25, -0.2) is 4.39 Å². The summed E-state index contributed by atoms with van der Waals surface area (Å²) >= 11 is 0. The van der Waals surface area contributed by atoms with Crippen LogP contribution in [0.25, 0.3) is 34.0 Å². The quantitative estimate of drug-likeness (QED) is 0.229. The third-order valence-corrected chi connectivity index (χ3v) is 7.90. The number of fused-ring (bicyclic) bond motifs is 1. The number of aryl methyl sites for hydroxylation is 2. The summed E-state index contributed by atoms with van der Waals surface area (Å²) in [5, 5.41) is 16.7. The summed E-state index contributed by atoms with van der Waals surface area (Å²) in [4.78, 5) is 15.5. The topological polar surface area (TPSA) is 88.2 Å². The highest BCUT2D eigenvalue weighted by Crippen LogP contribution is 2.40. The molecule has 0 bridgehead atoms. The summed E-state index contributed by atoms with van der Waals surface area (Å²) in [6, 6.07) is 13.8. The van der Waals surface area contributed by atoms with Gasteiger partial charge >= 0.3 is 12.1 Å². The number of aromatic nitrogens is 2. The van der Waals surface area contributed by atoms with Gasteiger partial charge in [0.15, 0.2) is 0 Å². The van der Waals surface area contributed by atoms with Gasteiger partial charge in [-0.15, -0.1) is 12.4 Å². The summed E-state index contributed by atoms with van der Waals surface area (Å²) in [7, 11) is 0. The van der Waals surface area contributed by atoms with Crippen LogP contribution in [0.4, 0.5) is 17.6 Å². The normalized spacial score (nSPS) is 19.8. The monoisotopic (exact) mass is 587 g/mol. The molecule has 1 atom stereocenters. The molecule has 6 rings (SSSR count). The molecule has 1 fully saturated rings. The first-order chi connectivity index (χ1) is 19.1. The van der Waals surface area contributed by atoms with Crippen LogP contribution in [0.5, 0.6) is 0 Å². The van der Waals surface area contributed by atoms with Crippen molar-refractivity contribution in [1.82, 2.24) is 15.5 Å². The molecule has 214 valence electrons. The number of halogens is 5. The van der Waals surface area contributed by atoms with Crippen molar-refractivity contribution in [2.75, 3.05) is 0 Å². The van der Waals surface area contributed by atoms with Crippen molar-refractivity contribution in [3.8, 4) is 34.0 Å². The van der Waals surface area contributed by atoms with E-state index in [2.05, 4.69) is 15.5 Å². The minimum absolute atomic E-state index is 0. The average molecular weight is 588 g/mol. The zero-order valence-corrected chi connectivity index (χ0v) is 22.7. The minimum Gasteiger partial charge on any atom is -0.481 e. The molecule has 0 amide bonds. The number of nitrogens with one attached hydrogen (secondary N) is 1. The Hall–Kier alpha value is -3.76. The van der Waals surface area contributed by atoms with E-state index >= 15 is 4.39 Å². The molecule has 6 nitrogen and oxygen atoms in total. The Balaban J connectivity index is 0.00000337. The van der Waals surface area contributed by atoms with Gasteiger partial charge in [0.2, 0.25) is 5.82 Å². The number of aliphatic carboxylic acids is 1. The van der Waals surface area contributed by atoms with Crippen LogP contribution in [0.2, 0.25) is 0 Å². The lowest BCUT2D eigenvalue weighted by Crippen LogP contribution is -2.45. The smallest absolute Gasteiger partial charge is 0.417 e. The zero-order chi connectivity index (χ0) is 28.2. The molecule has 1 heterocycles. The Bertz CT molecular complexity index is 1620. The van der Waals surface area contributed by atoms with Crippen LogP contribution in [-0.2, 0) is 17.4 Å². The molecular weight excluding hydrogens is 562 g/mol. The number of alkyl halides is 3. The molecule has 0 radical (unpaired) electrons. The fraction of sp³-hybridized carbons (Fsp3) is 0.300. The summed E-state index contributed by atoms with van der Waals surface area (Å²) in [5.74, 6) is -1.57. The van der Waals surface area contributed by atoms with Crippen LogP contribution >= 0.6 is 12.4 Å². The van der Waals surface area contributed by atoms with Crippen molar-refractivity contribution >= 4 is 18.4 Å². The molecule has 3 aromatic carbocycles. The molecule has 2 N–H and O–H groups in total. The van der Waals surface area contributed by atoms with Crippen LogP contribution in [0, 0.1) is 18.7 Å². The highest BCUT2D eigenvalue weighted by Gasteiger charge is 2.37. The first-order valence-electron chi connectivity index (χ1n) is 13.0. The SMILES string of the molecule is Cc1cc(-c2nc(-c3ccc4c(c3)CCC4NC3CC(C(=O)O)C3)no2)c(F)cc1-c1ccccc1C(F)(F)F.Cl. The highest BCUT2D eigenvalue weighted by molar-refractivity contribution is 5.85. The van der Waals surface area contributed by atoms with E-state index in [9.17, 15) is 18.0 Å². The predicted octanol–water partition coefficient (Wildman–Crippen LogP) is 7.40. The van der Waals surface area contributed by atoms with Crippen molar-refractivity contribution < 1.29 is 32.0 Å². The second-order valence-corrected chi connectivity index (χ2v) is 10.5. The van der Waals surface area contributed by atoms with Crippen LogP contribution < -0.4 is 5.32 Å². The second kappa shape index (κ2) is 10.9. The molecule has 4 aromatic rings. The van der Waals surface area contributed by atoms with E-state index < -0.39 is 23.5 Å². The molecule has 2 aliphatic carbocycles. The average Bonchev–Trinajstić information content (AvgIpc) is 3.53. The Morgan fingerprint density at radius 2 is 1.80 bits per heavy atom. The van der Waals surface area contributed by atoms with Crippen molar-refractivity contribution in [2.45, 2.75) is 50.9 Å². The third-order valence-electron chi connectivity index (χ3n) is 7.90. The zero-order valence-electron chi connectivity index (χ0n) is 21.8. The van der Waals surface area contributed by atoms with Gasteiger partial charge in [0.1, 0.15) is 5.82 Å². The standard InChI is InChI=1S/C30H25F4N3O3.ClH/c1-15-10-23(25(31)14-22(15)21-4-2-3-5-24(21)30(32,33)34)28-36-27(37-40-28)17-6-8-20-16(11-17)7-9-26(20)35-19-12-18(13-19)29(38)39;/h2-6,8,10-11,14,18-19,26,35H,7,9,12-13H2,1H3,(H,38,39);1H. The molecule has 0 spiro atoms. The molecular formula is C30H26ClF4N3O3. The summed E-state index contributed by atoms with van der Waals surface area (Å²) < 4.78 is 61.2. The summed E-state index contributed by atoms with van der Waals surface area (Å²) in [6.07, 6.45) is -1.56. The van der Waals surface area contributed by atoms with Gasteiger partial charge in [0, 0.05) is 17.6 Å². The minimum atomic E-state index is -4.58. The Morgan fingerprint density at radius 1 is 1.05 bits per heavy atom. The first-order valence-corrected chi connectivity index (χ1v) is 13.0. The van der Waals surface area contributed by atoms with Gasteiger partial charge in [-0.05, 0) is 84.7 Å². The summed E-state index contributed by atoms with van der Waals surface area (Å²) in [5.41, 5.74) is 2.63. The number of carbonyl (C=O) groups is 1. The van der Waals surface area contributed by atoms with Gasteiger partial charge in [-0.3, -0.25) is 4.79 Å². The molecule has 41 heavy (non-hydrogen) atoms. The molecule has 2 aliphatic rings. The third kappa shape index (κ3) is 5.46. The molecule has 0 saturated heterocycles. The molecule has 0 aliphatic heterocycles. The van der Waals surface area contributed by atoms with E-state index in [1.165, 1.54) is 24.3 Å². The van der Waals surface area contributed by atoms with E-state index in [4.69, 9.17) is 9.63 Å². The van der Waals surface area contributed by atoms with Crippen molar-refractivity contribution in [3.63, 3.8) is 0 Å². The Labute approximate surface area is 239 Å². The maximum Gasteiger partial charge on any atom is 0.417 e. The molecule has 11 heteroatoms. The maximum absolute atomic E-state index is 15.2. The van der Waals surface area contributed by atoms with E-state index in [-0.39, 0.29) is 58.8 Å². The lowest BCUT2D eigenvalue weighted by atomic mass is 9.80. The first kappa shape index (κ1) is 28.8. The van der Waals surface area contributed by atoms with Gasteiger partial charge in [-0.1, -0.05) is 35.5 Å². The van der Waals surface area contributed by atoms with Crippen LogP contribution in [-0.4, -0.2) is 27.3 Å². The van der Waals surface area contributed by atoms with E-state index in [1.807, 2.05) is 18.2 Å². The lowest BCUT2D eigenvalue weighted by molar-refractivity contribution is -0.145. The Morgan fingerprint density at radius 3 is 2.54 bits per heavy atom. The Kier molecular flexibility index (Phi) is 7.65. The van der Waals surface area contributed by atoms with Gasteiger partial charge in [0.25, 0.3) is 5.89 Å². The maximum atomic E-state index is 15.2. The van der Waals surface area contributed by atoms with Crippen LogP contribution in [0.1, 0.15) is 47.6 Å². The number of rotatable bonds is 6. The van der Waals surface area contributed by atoms with Crippen molar-refractivity contribution in [1.29, 1.82) is 0 Å².